The van der Waals surface area contributed by atoms with Crippen molar-refractivity contribution in [3.8, 4) is 22.9 Å². The highest BCUT2D eigenvalue weighted by atomic mass is 35.5. The summed E-state index contributed by atoms with van der Waals surface area (Å²) in [7, 11) is 0. The molecule has 6 heterocycles. The van der Waals surface area contributed by atoms with E-state index in [0.29, 0.717) is 60.5 Å². The third-order valence-corrected chi connectivity index (χ3v) is 10.8. The second-order valence-corrected chi connectivity index (χ2v) is 15.5. The van der Waals surface area contributed by atoms with Gasteiger partial charge >= 0.3 is 12.1 Å². The minimum atomic E-state index is -0.856. The lowest BCUT2D eigenvalue weighted by Gasteiger charge is -2.41. The third kappa shape index (κ3) is 5.73. The number of benzene rings is 1. The fraction of sp³-hybridized carbons (Fsp3) is 0.600. The zero-order valence-electron chi connectivity index (χ0n) is 27.2. The molecule has 2 bridgehead atoms. The van der Waals surface area contributed by atoms with Gasteiger partial charge in [-0.25, -0.2) is 9.18 Å². The van der Waals surface area contributed by atoms with Crippen molar-refractivity contribution >= 4 is 34.5 Å². The molecule has 1 aliphatic carbocycles. The Balaban J connectivity index is 1.16. The van der Waals surface area contributed by atoms with Crippen LogP contribution in [0, 0.1) is 0 Å². The Labute approximate surface area is 279 Å². The monoisotopic (exact) mass is 664 g/mol. The van der Waals surface area contributed by atoms with Gasteiger partial charge in [-0.3, -0.25) is 14.8 Å². The molecule has 10 nitrogen and oxygen atoms in total. The summed E-state index contributed by atoms with van der Waals surface area (Å²) in [5, 5.41) is 11.0. The summed E-state index contributed by atoms with van der Waals surface area (Å²) in [5.74, 6) is 1.11. The third-order valence-electron chi connectivity index (χ3n) is 10.5. The molecule has 1 aromatic carbocycles. The molecule has 0 radical (unpaired) electrons. The van der Waals surface area contributed by atoms with E-state index >= 15 is 0 Å². The molecular formula is C35H42ClFN6O4. The van der Waals surface area contributed by atoms with Crippen molar-refractivity contribution in [2.45, 2.75) is 101 Å². The fourth-order valence-electron chi connectivity index (χ4n) is 8.38. The standard InChI is InChI=1S/C35H42ClFN6O4/c1-34(2,3)47-33(45)43-23-7-8-24(43)18-41(17-23)31-30-28(39-32(40-31)46-19-35-9-4-10-42(35)16-22(37)14-35)11-21(15-38-30)26-12-25(44)13-27(36)29(26)20-5-6-20/h11-13,15,20,22-24,44H,4-10,14,16-19H2,1-3H3/t22-,23-,24+,35+/m1/s1. The number of phenolic OH excluding ortho intramolecular Hbond substituents is 1. The van der Waals surface area contributed by atoms with E-state index < -0.39 is 11.8 Å². The van der Waals surface area contributed by atoms with Crippen LogP contribution in [-0.4, -0.2) is 98.1 Å². The molecule has 2 aromatic heterocycles. The fourth-order valence-corrected chi connectivity index (χ4v) is 8.75. The van der Waals surface area contributed by atoms with E-state index in [-0.39, 0.29) is 35.5 Å². The van der Waals surface area contributed by atoms with Gasteiger partial charge in [-0.1, -0.05) is 11.6 Å². The van der Waals surface area contributed by atoms with Crippen molar-refractivity contribution in [2.75, 3.05) is 37.7 Å². The molecule has 250 valence electrons. The van der Waals surface area contributed by atoms with Crippen LogP contribution in [0.1, 0.15) is 77.2 Å². The van der Waals surface area contributed by atoms with E-state index in [0.717, 1.165) is 61.8 Å². The quantitative estimate of drug-likeness (QED) is 0.317. The van der Waals surface area contributed by atoms with Gasteiger partial charge in [0.15, 0.2) is 5.82 Å². The molecule has 5 fully saturated rings. The Morgan fingerprint density at radius 1 is 1.11 bits per heavy atom. The number of amides is 1. The zero-order chi connectivity index (χ0) is 32.7. The van der Waals surface area contributed by atoms with Crippen LogP contribution in [0.2, 0.25) is 5.02 Å². The number of halogens is 2. The van der Waals surface area contributed by atoms with Gasteiger partial charge in [0.25, 0.3) is 0 Å². The van der Waals surface area contributed by atoms with Gasteiger partial charge in [-0.2, -0.15) is 9.97 Å². The molecule has 4 atom stereocenters. The van der Waals surface area contributed by atoms with Crippen LogP contribution in [0.4, 0.5) is 15.0 Å². The number of pyridine rings is 1. The van der Waals surface area contributed by atoms with E-state index in [2.05, 4.69) is 9.80 Å². The first kappa shape index (κ1) is 30.9. The van der Waals surface area contributed by atoms with Gasteiger partial charge in [0.05, 0.1) is 23.1 Å². The first-order chi connectivity index (χ1) is 22.5. The molecule has 1 amide bonds. The van der Waals surface area contributed by atoms with Crippen LogP contribution >= 0.6 is 11.6 Å². The average molecular weight is 665 g/mol. The van der Waals surface area contributed by atoms with Crippen LogP contribution in [0.3, 0.4) is 0 Å². The largest absolute Gasteiger partial charge is 0.508 e. The number of rotatable bonds is 6. The lowest BCUT2D eigenvalue weighted by Crippen LogP contribution is -2.57. The number of piperazine rings is 1. The van der Waals surface area contributed by atoms with E-state index in [4.69, 9.17) is 36.0 Å². The summed E-state index contributed by atoms with van der Waals surface area (Å²) in [6, 6.07) is 5.51. The van der Waals surface area contributed by atoms with Crippen molar-refractivity contribution < 1.29 is 23.8 Å². The van der Waals surface area contributed by atoms with Crippen LogP contribution < -0.4 is 9.64 Å². The number of alkyl halides is 1. The second kappa shape index (κ2) is 11.3. The number of carbonyl (C=O) groups excluding carboxylic acids is 1. The van der Waals surface area contributed by atoms with Gasteiger partial charge in [0, 0.05) is 42.8 Å². The molecule has 3 aromatic rings. The van der Waals surface area contributed by atoms with Crippen molar-refractivity contribution in [1.29, 1.82) is 0 Å². The van der Waals surface area contributed by atoms with Crippen molar-refractivity contribution in [1.82, 2.24) is 24.8 Å². The predicted molar refractivity (Wildman–Crippen MR) is 177 cm³/mol. The number of hydrogen-bond acceptors (Lipinski definition) is 9. The molecule has 0 spiro atoms. The number of aromatic nitrogens is 3. The summed E-state index contributed by atoms with van der Waals surface area (Å²) in [5.41, 5.74) is 3.01. The molecule has 1 saturated carbocycles. The number of phenols is 1. The minimum absolute atomic E-state index is 0.0151. The molecule has 4 aliphatic heterocycles. The normalized spacial score (nSPS) is 27.5. The van der Waals surface area contributed by atoms with Crippen molar-refractivity contribution in [3.63, 3.8) is 0 Å². The number of nitrogens with zero attached hydrogens (tertiary/aromatic N) is 6. The molecule has 12 heteroatoms. The summed E-state index contributed by atoms with van der Waals surface area (Å²) in [4.78, 5) is 34.2. The number of fused-ring (bicyclic) bond motifs is 4. The van der Waals surface area contributed by atoms with Crippen LogP contribution in [0.25, 0.3) is 22.2 Å². The zero-order valence-corrected chi connectivity index (χ0v) is 28.0. The average Bonchev–Trinajstić information content (AvgIpc) is 3.61. The maximum absolute atomic E-state index is 14.5. The van der Waals surface area contributed by atoms with Gasteiger partial charge in [0.2, 0.25) is 0 Å². The number of aromatic hydroxyl groups is 1. The number of ether oxygens (including phenoxy) is 2. The molecule has 5 aliphatic rings. The van der Waals surface area contributed by atoms with E-state index in [1.54, 1.807) is 18.3 Å². The van der Waals surface area contributed by atoms with Crippen LogP contribution in [0.5, 0.6) is 11.8 Å². The number of carbonyl (C=O) groups is 1. The Bertz CT molecular complexity index is 1720. The molecule has 4 saturated heterocycles. The number of hydrogen-bond donors (Lipinski definition) is 1. The maximum atomic E-state index is 14.5. The molecule has 0 unspecified atom stereocenters. The maximum Gasteiger partial charge on any atom is 0.410 e. The topological polar surface area (TPSA) is 104 Å². The SMILES string of the molecule is CC(C)(C)OC(=O)N1[C@@H]2CC[C@H]1CN(c1nc(OC[C@@]34CCCN3C[C@H](F)C4)nc3cc(-c4cc(O)cc(Cl)c4C4CC4)cnc13)C2. The van der Waals surface area contributed by atoms with Crippen molar-refractivity contribution in [2.24, 2.45) is 0 Å². The van der Waals surface area contributed by atoms with E-state index in [1.165, 1.54) is 0 Å². The first-order valence-electron chi connectivity index (χ1n) is 17.0. The minimum Gasteiger partial charge on any atom is -0.508 e. The highest BCUT2D eigenvalue weighted by molar-refractivity contribution is 6.32. The summed E-state index contributed by atoms with van der Waals surface area (Å²) < 4.78 is 26.7. The molecular weight excluding hydrogens is 623 g/mol. The first-order valence-corrected chi connectivity index (χ1v) is 17.3. The van der Waals surface area contributed by atoms with Gasteiger partial charge < -0.3 is 19.5 Å². The molecule has 8 rings (SSSR count). The summed E-state index contributed by atoms with van der Waals surface area (Å²) >= 11 is 6.65. The molecule has 1 N–H and O–H groups in total. The van der Waals surface area contributed by atoms with Gasteiger partial charge in [-0.05, 0) is 101 Å². The highest BCUT2D eigenvalue weighted by Crippen LogP contribution is 2.49. The van der Waals surface area contributed by atoms with E-state index in [9.17, 15) is 14.3 Å². The Morgan fingerprint density at radius 3 is 2.60 bits per heavy atom. The summed E-state index contributed by atoms with van der Waals surface area (Å²) in [6.07, 6.45) is 6.91. The van der Waals surface area contributed by atoms with Crippen molar-refractivity contribution in [3.05, 3.63) is 35.0 Å². The van der Waals surface area contributed by atoms with Gasteiger partial charge in [0.1, 0.15) is 29.6 Å². The van der Waals surface area contributed by atoms with Crippen LogP contribution in [0.15, 0.2) is 24.4 Å². The number of anilines is 1. The summed E-state index contributed by atoms with van der Waals surface area (Å²) in [6.45, 7) is 8.47. The van der Waals surface area contributed by atoms with Crippen LogP contribution in [-0.2, 0) is 4.74 Å². The Hall–Kier alpha value is -3.44. The lowest BCUT2D eigenvalue weighted by molar-refractivity contribution is 0.0122. The van der Waals surface area contributed by atoms with E-state index in [1.807, 2.05) is 31.7 Å². The van der Waals surface area contributed by atoms with Gasteiger partial charge in [-0.15, -0.1) is 0 Å². The molecule has 47 heavy (non-hydrogen) atoms. The Kier molecular flexibility index (Phi) is 7.44. The smallest absolute Gasteiger partial charge is 0.410 e. The predicted octanol–water partition coefficient (Wildman–Crippen LogP) is 6.47. The Morgan fingerprint density at radius 2 is 1.87 bits per heavy atom. The second-order valence-electron chi connectivity index (χ2n) is 15.1. The lowest BCUT2D eigenvalue weighted by atomic mass is 9.95. The highest BCUT2D eigenvalue weighted by Gasteiger charge is 2.50.